The van der Waals surface area contributed by atoms with Crippen LogP contribution in [0.25, 0.3) is 0 Å². The molecule has 0 saturated carbocycles. The molecule has 0 bridgehead atoms. The van der Waals surface area contributed by atoms with Crippen LogP contribution in [0.1, 0.15) is 51.3 Å². The fraction of sp³-hybridized carbons (Fsp3) is 0.435. The predicted octanol–water partition coefficient (Wildman–Crippen LogP) is 5.42. The Hall–Kier alpha value is -1.68. The molecule has 2 aromatic carbocycles. The number of ether oxygens (including phenoxy) is 2. The van der Waals surface area contributed by atoms with Gasteiger partial charge < -0.3 is 14.0 Å². The quantitative estimate of drug-likeness (QED) is 0.399. The SMILES string of the molecule is CCOC(=O)C(F)(F)[C@@]1(N[S+]([O-])C(C)(C)C)CC(c2ccccc2)Oc2ccc(Br)cc21. The molecule has 174 valence electrons. The van der Waals surface area contributed by atoms with Gasteiger partial charge in [-0.2, -0.15) is 8.78 Å². The minimum Gasteiger partial charge on any atom is -0.598 e. The molecule has 0 saturated heterocycles. The minimum absolute atomic E-state index is 0.0368. The Morgan fingerprint density at radius 2 is 1.94 bits per heavy atom. The maximum Gasteiger partial charge on any atom is 0.379 e. The Balaban J connectivity index is 2.26. The van der Waals surface area contributed by atoms with Crippen LogP contribution >= 0.6 is 15.9 Å². The Kier molecular flexibility index (Phi) is 7.24. The highest BCUT2D eigenvalue weighted by Gasteiger charge is 2.67. The second-order valence-electron chi connectivity index (χ2n) is 8.55. The highest BCUT2D eigenvalue weighted by atomic mass is 79.9. The predicted molar refractivity (Wildman–Crippen MR) is 123 cm³/mol. The van der Waals surface area contributed by atoms with E-state index < -0.39 is 39.6 Å². The van der Waals surface area contributed by atoms with Gasteiger partial charge in [0, 0.05) is 27.8 Å². The molecule has 1 aliphatic rings. The first-order valence-corrected chi connectivity index (χ1v) is 12.1. The van der Waals surface area contributed by atoms with Gasteiger partial charge in [-0.25, -0.2) is 4.79 Å². The summed E-state index contributed by atoms with van der Waals surface area (Å²) in [5.41, 5.74) is -1.64. The molecule has 0 aliphatic carbocycles. The monoisotopic (exact) mass is 529 g/mol. The van der Waals surface area contributed by atoms with Crippen molar-refractivity contribution in [1.29, 1.82) is 0 Å². The van der Waals surface area contributed by atoms with Crippen LogP contribution in [0.4, 0.5) is 8.78 Å². The van der Waals surface area contributed by atoms with Crippen LogP contribution in [0, 0.1) is 0 Å². The van der Waals surface area contributed by atoms with E-state index >= 15 is 8.78 Å². The van der Waals surface area contributed by atoms with Crippen LogP contribution in [0.2, 0.25) is 0 Å². The second-order valence-corrected chi connectivity index (χ2v) is 11.4. The summed E-state index contributed by atoms with van der Waals surface area (Å²) in [5, 5.41) is 0. The Bertz CT molecular complexity index is 970. The molecular weight excluding hydrogens is 504 g/mol. The summed E-state index contributed by atoms with van der Waals surface area (Å²) in [6.07, 6.45) is -1.15. The zero-order valence-electron chi connectivity index (χ0n) is 18.3. The van der Waals surface area contributed by atoms with Crippen molar-refractivity contribution in [2.75, 3.05) is 6.61 Å². The number of hydrogen-bond donors (Lipinski definition) is 1. The summed E-state index contributed by atoms with van der Waals surface area (Å²) >= 11 is 1.39. The summed E-state index contributed by atoms with van der Waals surface area (Å²) in [5.74, 6) is -5.55. The smallest absolute Gasteiger partial charge is 0.379 e. The molecule has 9 heteroatoms. The lowest BCUT2D eigenvalue weighted by Crippen LogP contribution is -2.65. The van der Waals surface area contributed by atoms with E-state index in [4.69, 9.17) is 9.47 Å². The van der Waals surface area contributed by atoms with E-state index in [0.717, 1.165) is 0 Å². The number of rotatable bonds is 6. The number of carbonyl (C=O) groups excluding carboxylic acids is 1. The third-order valence-electron chi connectivity index (χ3n) is 5.22. The molecule has 2 unspecified atom stereocenters. The van der Waals surface area contributed by atoms with E-state index in [2.05, 4.69) is 20.7 Å². The van der Waals surface area contributed by atoms with E-state index in [0.29, 0.717) is 10.0 Å². The fourth-order valence-corrected chi connectivity index (χ4v) is 4.85. The molecule has 3 atom stereocenters. The second kappa shape index (κ2) is 9.29. The molecule has 32 heavy (non-hydrogen) atoms. The van der Waals surface area contributed by atoms with Gasteiger partial charge in [0.1, 0.15) is 16.6 Å². The van der Waals surface area contributed by atoms with Gasteiger partial charge in [-0.15, -0.1) is 4.72 Å². The van der Waals surface area contributed by atoms with Gasteiger partial charge >= 0.3 is 11.9 Å². The van der Waals surface area contributed by atoms with E-state index in [1.165, 1.54) is 13.0 Å². The summed E-state index contributed by atoms with van der Waals surface area (Å²) in [7, 11) is 0. The van der Waals surface area contributed by atoms with Gasteiger partial charge in [-0.3, -0.25) is 0 Å². The van der Waals surface area contributed by atoms with Crippen LogP contribution in [-0.2, 0) is 26.4 Å². The van der Waals surface area contributed by atoms with Gasteiger partial charge in [0.2, 0.25) is 0 Å². The molecule has 0 fully saturated rings. The average Bonchev–Trinajstić information content (AvgIpc) is 2.73. The third kappa shape index (κ3) is 4.66. The number of alkyl halides is 2. The first-order chi connectivity index (χ1) is 14.9. The van der Waals surface area contributed by atoms with Gasteiger partial charge in [-0.05, 0) is 51.5 Å². The maximum absolute atomic E-state index is 16.1. The van der Waals surface area contributed by atoms with Crippen LogP contribution in [-0.4, -0.2) is 27.8 Å². The highest BCUT2D eigenvalue weighted by Crippen LogP contribution is 2.53. The van der Waals surface area contributed by atoms with Crippen LogP contribution in [0.15, 0.2) is 53.0 Å². The van der Waals surface area contributed by atoms with Crippen molar-refractivity contribution in [1.82, 2.24) is 4.72 Å². The van der Waals surface area contributed by atoms with Crippen LogP contribution in [0.5, 0.6) is 5.75 Å². The van der Waals surface area contributed by atoms with Gasteiger partial charge in [-0.1, -0.05) is 46.3 Å². The van der Waals surface area contributed by atoms with Gasteiger partial charge in [0.05, 0.1) is 6.61 Å². The molecule has 0 radical (unpaired) electrons. The van der Waals surface area contributed by atoms with Crippen molar-refractivity contribution >= 4 is 33.3 Å². The molecule has 0 spiro atoms. The largest absolute Gasteiger partial charge is 0.598 e. The maximum atomic E-state index is 16.1. The zero-order valence-corrected chi connectivity index (χ0v) is 20.7. The number of benzene rings is 2. The minimum atomic E-state index is -4.05. The molecule has 5 nitrogen and oxygen atoms in total. The van der Waals surface area contributed by atoms with E-state index in [1.54, 1.807) is 57.2 Å². The van der Waals surface area contributed by atoms with Crippen molar-refractivity contribution in [2.24, 2.45) is 0 Å². The molecule has 1 N–H and O–H groups in total. The molecule has 1 heterocycles. The lowest BCUT2D eigenvalue weighted by Gasteiger charge is -2.46. The van der Waals surface area contributed by atoms with Crippen molar-refractivity contribution in [3.63, 3.8) is 0 Å². The summed E-state index contributed by atoms with van der Waals surface area (Å²) in [4.78, 5) is 12.6. The molecule has 0 aromatic heterocycles. The van der Waals surface area contributed by atoms with E-state index in [9.17, 15) is 9.35 Å². The standard InChI is InChI=1S/C23H26BrF2NO4S/c1-5-30-20(28)23(25,26)22(27-32(29)21(2,3)4)14-19(15-9-7-6-8-10-15)31-18-12-11-16(24)13-17(18)22/h6-13,19,27H,5,14H2,1-4H3/t19?,22-,32?/m1/s1. The molecular formula is C23H26BrF2NO4S. The normalized spacial score (nSPS) is 21.9. The number of carbonyl (C=O) groups is 1. The number of nitrogens with one attached hydrogen (secondary N) is 1. The molecule has 0 amide bonds. The van der Waals surface area contributed by atoms with Crippen molar-refractivity contribution < 1.29 is 27.6 Å². The average molecular weight is 530 g/mol. The van der Waals surface area contributed by atoms with Crippen molar-refractivity contribution in [3.05, 3.63) is 64.1 Å². The van der Waals surface area contributed by atoms with Crippen molar-refractivity contribution in [3.8, 4) is 5.75 Å². The number of halogens is 3. The lowest BCUT2D eigenvalue weighted by molar-refractivity contribution is -0.189. The number of hydrogen-bond acceptors (Lipinski definition) is 5. The van der Waals surface area contributed by atoms with Crippen molar-refractivity contribution in [2.45, 2.75) is 56.4 Å². The zero-order chi connectivity index (χ0) is 23.7. The highest BCUT2D eigenvalue weighted by molar-refractivity contribution is 9.10. The van der Waals surface area contributed by atoms with Gasteiger partial charge in [0.25, 0.3) is 0 Å². The first-order valence-electron chi connectivity index (χ1n) is 10.2. The van der Waals surface area contributed by atoms with E-state index in [1.807, 2.05) is 6.07 Å². The summed E-state index contributed by atoms with van der Waals surface area (Å²) in [6, 6.07) is 13.6. The van der Waals surface area contributed by atoms with Gasteiger partial charge in [0.15, 0.2) is 5.54 Å². The molecule has 2 aromatic rings. The first kappa shape index (κ1) is 25.0. The van der Waals surface area contributed by atoms with E-state index in [-0.39, 0.29) is 24.3 Å². The summed E-state index contributed by atoms with van der Waals surface area (Å²) in [6.45, 7) is 6.26. The fourth-order valence-electron chi connectivity index (χ4n) is 3.54. The summed E-state index contributed by atoms with van der Waals surface area (Å²) < 4.78 is 58.4. The molecule has 1 aliphatic heterocycles. The number of esters is 1. The molecule has 3 rings (SSSR count). The third-order valence-corrected chi connectivity index (χ3v) is 7.36. The topological polar surface area (TPSA) is 70.6 Å². The lowest BCUT2D eigenvalue weighted by atomic mass is 9.76. The Morgan fingerprint density at radius 1 is 1.28 bits per heavy atom. The van der Waals surface area contributed by atoms with Crippen LogP contribution in [0.3, 0.4) is 0 Å². The number of fused-ring (bicyclic) bond motifs is 1. The Labute approximate surface area is 198 Å². The van der Waals surface area contributed by atoms with Crippen LogP contribution < -0.4 is 9.46 Å². The Morgan fingerprint density at radius 3 is 2.53 bits per heavy atom.